The first-order chi connectivity index (χ1) is 13.4. The summed E-state index contributed by atoms with van der Waals surface area (Å²) in [7, 11) is 1.18. The van der Waals surface area contributed by atoms with Crippen molar-refractivity contribution >= 4 is 22.9 Å². The van der Waals surface area contributed by atoms with Gasteiger partial charge in [-0.3, -0.25) is 9.59 Å². The summed E-state index contributed by atoms with van der Waals surface area (Å²) in [6.07, 6.45) is 1.28. The van der Waals surface area contributed by atoms with Crippen molar-refractivity contribution in [3.8, 4) is 0 Å². The largest absolute Gasteiger partial charge is 0.465 e. The van der Waals surface area contributed by atoms with Gasteiger partial charge in [-0.05, 0) is 36.8 Å². The standard InChI is InChI=1S/C20H18FN3O4/c1-12-3-8-15-18(26)16(20(27)28-2)10-24(19(15)23-12)11-17(25)22-9-13-4-6-14(21)7-5-13/h3-8,10H,9,11H2,1-2H3,(H,22,25). The second kappa shape index (κ2) is 7.99. The van der Waals surface area contributed by atoms with Gasteiger partial charge in [0.1, 0.15) is 23.6 Å². The Morgan fingerprint density at radius 1 is 1.18 bits per heavy atom. The minimum absolute atomic E-state index is 0.154. The molecular formula is C20H18FN3O4. The van der Waals surface area contributed by atoms with Gasteiger partial charge >= 0.3 is 5.97 Å². The van der Waals surface area contributed by atoms with Crippen molar-refractivity contribution in [3.63, 3.8) is 0 Å². The third-order valence-electron chi connectivity index (χ3n) is 4.18. The SMILES string of the molecule is COC(=O)c1cn(CC(=O)NCc2ccc(F)cc2)c2nc(C)ccc2c1=O. The lowest BCUT2D eigenvalue weighted by molar-refractivity contribution is -0.121. The monoisotopic (exact) mass is 383 g/mol. The third-order valence-corrected chi connectivity index (χ3v) is 4.18. The van der Waals surface area contributed by atoms with Crippen LogP contribution in [-0.4, -0.2) is 28.5 Å². The third kappa shape index (κ3) is 4.06. The summed E-state index contributed by atoms with van der Waals surface area (Å²) in [4.78, 5) is 41.2. The predicted molar refractivity (Wildman–Crippen MR) is 100 cm³/mol. The van der Waals surface area contributed by atoms with Crippen LogP contribution in [0.1, 0.15) is 21.6 Å². The topological polar surface area (TPSA) is 90.3 Å². The van der Waals surface area contributed by atoms with Gasteiger partial charge in [0.05, 0.1) is 12.5 Å². The Kier molecular flexibility index (Phi) is 5.49. The second-order valence-electron chi connectivity index (χ2n) is 6.22. The molecule has 144 valence electrons. The summed E-state index contributed by atoms with van der Waals surface area (Å²) in [5, 5.41) is 2.94. The number of halogens is 1. The van der Waals surface area contributed by atoms with Gasteiger partial charge in [0, 0.05) is 18.4 Å². The van der Waals surface area contributed by atoms with E-state index >= 15 is 0 Å². The number of pyridine rings is 2. The van der Waals surface area contributed by atoms with Gasteiger partial charge in [-0.2, -0.15) is 0 Å². The zero-order valence-corrected chi connectivity index (χ0v) is 15.4. The molecule has 2 heterocycles. The van der Waals surface area contributed by atoms with Crippen LogP contribution in [0.4, 0.5) is 4.39 Å². The number of hydrogen-bond donors (Lipinski definition) is 1. The molecule has 1 N–H and O–H groups in total. The molecule has 2 aromatic heterocycles. The molecule has 8 heteroatoms. The summed E-state index contributed by atoms with van der Waals surface area (Å²) < 4.78 is 19.1. The number of aryl methyl sites for hydroxylation is 1. The van der Waals surface area contributed by atoms with Gasteiger partial charge < -0.3 is 14.6 Å². The van der Waals surface area contributed by atoms with Gasteiger partial charge in [0.15, 0.2) is 0 Å². The number of carbonyl (C=O) groups excluding carboxylic acids is 2. The van der Waals surface area contributed by atoms with Gasteiger partial charge in [-0.1, -0.05) is 12.1 Å². The number of benzene rings is 1. The van der Waals surface area contributed by atoms with Gasteiger partial charge in [0.25, 0.3) is 0 Å². The molecule has 28 heavy (non-hydrogen) atoms. The number of methoxy groups -OCH3 is 1. The number of hydrogen-bond acceptors (Lipinski definition) is 5. The lowest BCUT2D eigenvalue weighted by atomic mass is 10.2. The van der Waals surface area contributed by atoms with Crippen LogP contribution in [0.2, 0.25) is 0 Å². The molecule has 0 radical (unpaired) electrons. The number of amides is 1. The number of esters is 1. The molecule has 0 aliphatic carbocycles. The first-order valence-electron chi connectivity index (χ1n) is 8.49. The molecule has 0 bridgehead atoms. The first-order valence-corrected chi connectivity index (χ1v) is 8.49. The van der Waals surface area contributed by atoms with E-state index in [9.17, 15) is 18.8 Å². The lowest BCUT2D eigenvalue weighted by Crippen LogP contribution is -2.29. The molecule has 0 spiro atoms. The fraction of sp³-hybridized carbons (Fsp3) is 0.200. The zero-order chi connectivity index (χ0) is 20.3. The maximum absolute atomic E-state index is 13.0. The minimum Gasteiger partial charge on any atom is -0.465 e. The Hall–Kier alpha value is -3.55. The highest BCUT2D eigenvalue weighted by molar-refractivity contribution is 5.93. The van der Waals surface area contributed by atoms with Gasteiger partial charge in [0.2, 0.25) is 11.3 Å². The summed E-state index contributed by atoms with van der Waals surface area (Å²) in [5.74, 6) is -1.49. The minimum atomic E-state index is -0.784. The highest BCUT2D eigenvalue weighted by Gasteiger charge is 2.18. The average molecular weight is 383 g/mol. The molecule has 0 unspecified atom stereocenters. The highest BCUT2D eigenvalue weighted by atomic mass is 19.1. The van der Waals surface area contributed by atoms with Crippen LogP contribution in [0.15, 0.2) is 47.4 Å². The van der Waals surface area contributed by atoms with Gasteiger partial charge in [-0.25, -0.2) is 14.2 Å². The fourth-order valence-corrected chi connectivity index (χ4v) is 2.75. The summed E-state index contributed by atoms with van der Waals surface area (Å²) in [6, 6.07) is 9.00. The van der Waals surface area contributed by atoms with E-state index in [0.717, 1.165) is 5.56 Å². The van der Waals surface area contributed by atoms with Crippen molar-refractivity contribution in [2.75, 3.05) is 7.11 Å². The van der Waals surface area contributed by atoms with Crippen molar-refractivity contribution in [2.45, 2.75) is 20.0 Å². The summed E-state index contributed by atoms with van der Waals surface area (Å²) >= 11 is 0. The molecule has 1 aromatic carbocycles. The van der Waals surface area contributed by atoms with Crippen molar-refractivity contribution in [3.05, 3.63) is 75.5 Å². The molecule has 3 rings (SSSR count). The first kappa shape index (κ1) is 19.2. The molecule has 3 aromatic rings. The van der Waals surface area contributed by atoms with E-state index in [1.54, 1.807) is 31.2 Å². The molecule has 0 atom stereocenters. The number of ether oxygens (including phenoxy) is 1. The maximum Gasteiger partial charge on any atom is 0.343 e. The summed E-state index contributed by atoms with van der Waals surface area (Å²) in [6.45, 7) is 1.82. The van der Waals surface area contributed by atoms with Crippen LogP contribution >= 0.6 is 0 Å². The quantitative estimate of drug-likeness (QED) is 0.680. The van der Waals surface area contributed by atoms with Crippen LogP contribution in [-0.2, 0) is 22.6 Å². The smallest absolute Gasteiger partial charge is 0.343 e. The maximum atomic E-state index is 13.0. The summed E-state index contributed by atoms with van der Waals surface area (Å²) in [5.41, 5.74) is 1.03. The molecule has 1 amide bonds. The molecule has 7 nitrogen and oxygen atoms in total. The van der Waals surface area contributed by atoms with E-state index in [1.165, 1.54) is 30.0 Å². The van der Waals surface area contributed by atoms with E-state index in [2.05, 4.69) is 15.0 Å². The number of fused-ring (bicyclic) bond motifs is 1. The van der Waals surface area contributed by atoms with E-state index in [-0.39, 0.29) is 35.8 Å². The van der Waals surface area contributed by atoms with E-state index in [4.69, 9.17) is 0 Å². The molecule has 0 fully saturated rings. The predicted octanol–water partition coefficient (Wildman–Crippen LogP) is 1.95. The second-order valence-corrected chi connectivity index (χ2v) is 6.22. The fourth-order valence-electron chi connectivity index (χ4n) is 2.75. The Balaban J connectivity index is 1.90. The number of rotatable bonds is 5. The Bertz CT molecular complexity index is 1110. The van der Waals surface area contributed by atoms with Crippen molar-refractivity contribution in [2.24, 2.45) is 0 Å². The van der Waals surface area contributed by atoms with Gasteiger partial charge in [-0.15, -0.1) is 0 Å². The zero-order valence-electron chi connectivity index (χ0n) is 15.4. The number of carbonyl (C=O) groups is 2. The Morgan fingerprint density at radius 2 is 1.89 bits per heavy atom. The number of nitrogens with one attached hydrogen (secondary N) is 1. The highest BCUT2D eigenvalue weighted by Crippen LogP contribution is 2.12. The number of aromatic nitrogens is 2. The number of nitrogens with zero attached hydrogens (tertiary/aromatic N) is 2. The van der Waals surface area contributed by atoms with Crippen molar-refractivity contribution < 1.29 is 18.7 Å². The van der Waals surface area contributed by atoms with E-state index in [0.29, 0.717) is 11.3 Å². The van der Waals surface area contributed by atoms with E-state index < -0.39 is 11.4 Å². The Labute approximate surface area is 159 Å². The molecule has 0 saturated heterocycles. The van der Waals surface area contributed by atoms with Crippen molar-refractivity contribution in [1.29, 1.82) is 0 Å². The average Bonchev–Trinajstić information content (AvgIpc) is 2.69. The normalized spacial score (nSPS) is 10.7. The molecule has 0 saturated carbocycles. The molecule has 0 aliphatic heterocycles. The van der Waals surface area contributed by atoms with Crippen LogP contribution in [0.3, 0.4) is 0 Å². The Morgan fingerprint density at radius 3 is 2.57 bits per heavy atom. The molecule has 0 aliphatic rings. The van der Waals surface area contributed by atoms with Crippen molar-refractivity contribution in [1.82, 2.24) is 14.9 Å². The molecular weight excluding hydrogens is 365 g/mol. The van der Waals surface area contributed by atoms with Crippen LogP contribution in [0.5, 0.6) is 0 Å². The lowest BCUT2D eigenvalue weighted by Gasteiger charge is -2.13. The van der Waals surface area contributed by atoms with E-state index in [1.807, 2.05) is 0 Å². The van der Waals surface area contributed by atoms with Crippen LogP contribution in [0, 0.1) is 12.7 Å². The van der Waals surface area contributed by atoms with Crippen LogP contribution < -0.4 is 10.7 Å². The van der Waals surface area contributed by atoms with Crippen LogP contribution in [0.25, 0.3) is 11.0 Å².